The van der Waals surface area contributed by atoms with Gasteiger partial charge in [-0.2, -0.15) is 0 Å². The van der Waals surface area contributed by atoms with E-state index in [2.05, 4.69) is 66.4 Å². The molecule has 2 aromatic carbocycles. The highest BCUT2D eigenvalue weighted by Gasteiger charge is 2.56. The lowest BCUT2D eigenvalue weighted by atomic mass is 9.88. The van der Waals surface area contributed by atoms with Crippen LogP contribution in [0.15, 0.2) is 86.9 Å². The first-order chi connectivity index (χ1) is 52.2. The first-order valence-corrected chi connectivity index (χ1v) is 43.5. The molecule has 6 atom stereocenters. The molecule has 0 radical (unpaired) electrons. The van der Waals surface area contributed by atoms with Crippen LogP contribution in [-0.4, -0.2) is 173 Å². The van der Waals surface area contributed by atoms with Gasteiger partial charge in [0.25, 0.3) is 0 Å². The van der Waals surface area contributed by atoms with Gasteiger partial charge in [0.1, 0.15) is 35.6 Å². The van der Waals surface area contributed by atoms with Gasteiger partial charge in [0.2, 0.25) is 17.9 Å². The summed E-state index contributed by atoms with van der Waals surface area (Å²) in [6, 6.07) is 16.1. The number of fused-ring (bicyclic) bond motifs is 2. The third kappa shape index (κ3) is 30.8. The number of alkyl carbamates (subject to hydrolysis) is 2. The first kappa shape index (κ1) is 91.8. The summed E-state index contributed by atoms with van der Waals surface area (Å²) in [5.41, 5.74) is -1.16. The summed E-state index contributed by atoms with van der Waals surface area (Å²) >= 11 is 0. The Labute approximate surface area is 662 Å². The summed E-state index contributed by atoms with van der Waals surface area (Å²) in [6.07, 6.45) is 12.6. The molecule has 27 heteroatoms. The topological polar surface area (TPSA) is 294 Å². The molecule has 0 aliphatic carbocycles. The van der Waals surface area contributed by atoms with Crippen molar-refractivity contribution >= 4 is 74.7 Å². The zero-order valence-corrected chi connectivity index (χ0v) is 71.3. The first-order valence-electron chi connectivity index (χ1n) is 40.6. The number of hydrogen-bond acceptors (Lipinski definition) is 18. The second-order valence-electron chi connectivity index (χ2n) is 35.1. The largest absolute Gasteiger partial charge is 0.465 e. The van der Waals surface area contributed by atoms with Crippen molar-refractivity contribution in [1.29, 1.82) is 0 Å². The number of aliphatic imine (C=N–C) groups is 3. The number of amides is 6. The van der Waals surface area contributed by atoms with Gasteiger partial charge in [-0.25, -0.2) is 43.4 Å². The lowest BCUT2D eigenvalue weighted by Gasteiger charge is -2.49. The van der Waals surface area contributed by atoms with Gasteiger partial charge in [0.05, 0.1) is 36.8 Å². The summed E-state index contributed by atoms with van der Waals surface area (Å²) in [5, 5.41) is 4.88. The maximum absolute atomic E-state index is 15.0. The van der Waals surface area contributed by atoms with Crippen molar-refractivity contribution in [1.82, 2.24) is 30.2 Å². The van der Waals surface area contributed by atoms with E-state index in [0.29, 0.717) is 76.5 Å². The summed E-state index contributed by atoms with van der Waals surface area (Å²) < 4.78 is 54.0. The molecule has 0 bridgehead atoms. The highest BCUT2D eigenvalue weighted by molar-refractivity contribution is 6.74. The van der Waals surface area contributed by atoms with E-state index < -0.39 is 103 Å². The van der Waals surface area contributed by atoms with Gasteiger partial charge >= 0.3 is 48.5 Å². The Bertz CT molecular complexity index is 3460. The standard InChI is InChI=1S/C84H133N9O17Si/c1-20-21-22-23-25-28-37-47-63(110-111(18,19)84(15,16)17)56-62-50-51-66-67(59(2)91(78(100)105-58-61-45-35-32-36-46-61)73(92(62)66)89-74(96)104-57-60-43-33-31-34-44-60)69(94)102-54-40-30-27-24-26-29-38-48-65-68(64-49-42-53-90(64)72(88-77(99)108-82(9,10)11)93(65)79(101)109-83(12,13)14)70(95)103-55-41-39-52-85-71(86-75(97)106-80(3,4)5)87-76(98)107-81(6,7)8/h31-36,43-46,59,62-63,65-67H,20-30,37-42,47-58H2,1-19H3,(H2,85,86,87,97,98)/b88-72+,89-73-/t59-,62+,63+,65-,66+,67+/m1/s1. The molecule has 3 fully saturated rings. The molecular weight excluding hydrogens is 1440 g/mol. The molecule has 620 valence electrons. The number of guanidine groups is 3. The fourth-order valence-electron chi connectivity index (χ4n) is 13.8. The highest BCUT2D eigenvalue weighted by Crippen LogP contribution is 2.44. The van der Waals surface area contributed by atoms with Gasteiger partial charge in [-0.05, 0) is 183 Å². The molecular formula is C84H133N9O17Si. The molecule has 0 saturated carbocycles. The third-order valence-corrected chi connectivity index (χ3v) is 24.5. The minimum absolute atomic E-state index is 0.00343. The molecule has 2 aromatic rings. The molecule has 111 heavy (non-hydrogen) atoms. The minimum Gasteiger partial charge on any atom is -0.465 e. The predicted molar refractivity (Wildman–Crippen MR) is 431 cm³/mol. The number of allylic oxidation sites excluding steroid dienone is 1. The number of esters is 2. The van der Waals surface area contributed by atoms with E-state index in [1.54, 1.807) is 94.9 Å². The van der Waals surface area contributed by atoms with Gasteiger partial charge in [0, 0.05) is 37.0 Å². The molecule has 6 rings (SSSR count). The molecule has 4 aliphatic rings. The van der Waals surface area contributed by atoms with Crippen LogP contribution in [0.25, 0.3) is 0 Å². The molecule has 3 saturated heterocycles. The van der Waals surface area contributed by atoms with Crippen molar-refractivity contribution in [3.8, 4) is 0 Å². The normalized spacial score (nSPS) is 19.2. The van der Waals surface area contributed by atoms with Crippen LogP contribution in [-0.2, 0) is 65.1 Å². The maximum Gasteiger partial charge on any atom is 0.437 e. The Kier molecular flexibility index (Phi) is 35.3. The molecule has 0 spiro atoms. The SMILES string of the molecule is CCCCCCCCC[C@@H](C[C@@H]1CC[C@H]2[C@@H](C(=O)OCCCCCCCCC[C@@H]3C(C(=O)OCCCCN=C(NC(=O)OC(C)(C)C)NC(=O)OC(C)(C)C)=C4CCCN4/C(=N\C(=O)OC(C)(C)C)N3C(=O)OC(C)(C)C)[C@@H](C)N(C(=O)OCc3ccccc3)/C(=N/C(=O)OCc3ccccc3)N12)O[Si](C)(C)C(C)(C)C. The number of rotatable bonds is 33. The van der Waals surface area contributed by atoms with E-state index in [1.807, 2.05) is 65.6 Å². The van der Waals surface area contributed by atoms with Crippen molar-refractivity contribution in [2.24, 2.45) is 20.9 Å². The number of carbonyl (C=O) groups excluding carboxylic acids is 8. The molecule has 26 nitrogen and oxygen atoms in total. The zero-order valence-electron chi connectivity index (χ0n) is 70.3. The van der Waals surface area contributed by atoms with Gasteiger partial charge < -0.3 is 52.1 Å². The summed E-state index contributed by atoms with van der Waals surface area (Å²) in [7, 11) is -2.32. The molecule has 6 amide bonds. The van der Waals surface area contributed by atoms with Crippen LogP contribution < -0.4 is 10.6 Å². The second-order valence-corrected chi connectivity index (χ2v) is 39.9. The summed E-state index contributed by atoms with van der Waals surface area (Å²) in [6.45, 7) is 36.3. The molecule has 0 aromatic heterocycles. The van der Waals surface area contributed by atoms with Crippen LogP contribution in [0.4, 0.5) is 28.8 Å². The van der Waals surface area contributed by atoms with Gasteiger partial charge in [-0.3, -0.25) is 20.4 Å². The minimum atomic E-state index is -2.32. The van der Waals surface area contributed by atoms with Gasteiger partial charge in [0.15, 0.2) is 8.32 Å². The van der Waals surface area contributed by atoms with E-state index in [4.69, 9.17) is 42.3 Å². The number of benzene rings is 2. The number of nitrogens with one attached hydrogen (secondary N) is 2. The average molecular weight is 1570 g/mol. The third-order valence-electron chi connectivity index (χ3n) is 19.9. The Morgan fingerprint density at radius 2 is 1.08 bits per heavy atom. The molecule has 0 unspecified atom stereocenters. The number of carbonyl (C=O) groups is 8. The predicted octanol–water partition coefficient (Wildman–Crippen LogP) is 18.7. The maximum atomic E-state index is 15.0. The van der Waals surface area contributed by atoms with Crippen LogP contribution in [0.3, 0.4) is 0 Å². The van der Waals surface area contributed by atoms with Gasteiger partial charge in [-0.1, -0.05) is 172 Å². The van der Waals surface area contributed by atoms with E-state index in [9.17, 15) is 33.6 Å². The summed E-state index contributed by atoms with van der Waals surface area (Å²) in [5.74, 6) is -2.03. The van der Waals surface area contributed by atoms with Crippen molar-refractivity contribution in [3.63, 3.8) is 0 Å². The van der Waals surface area contributed by atoms with E-state index in [-0.39, 0.29) is 80.0 Å². The average Bonchev–Trinajstić information content (AvgIpc) is 1.76. The smallest absolute Gasteiger partial charge is 0.437 e. The molecule has 4 aliphatic heterocycles. The van der Waals surface area contributed by atoms with E-state index in [1.165, 1.54) is 35.5 Å². The lowest BCUT2D eigenvalue weighted by molar-refractivity contribution is -0.153. The second kappa shape index (κ2) is 42.7. The van der Waals surface area contributed by atoms with Crippen LogP contribution in [0.2, 0.25) is 18.1 Å². The Morgan fingerprint density at radius 1 is 0.559 bits per heavy atom. The Morgan fingerprint density at radius 3 is 1.65 bits per heavy atom. The van der Waals surface area contributed by atoms with E-state index in [0.717, 1.165) is 62.5 Å². The van der Waals surface area contributed by atoms with Crippen LogP contribution in [0.5, 0.6) is 0 Å². The highest BCUT2D eigenvalue weighted by atomic mass is 28.4. The van der Waals surface area contributed by atoms with Gasteiger partial charge in [-0.15, -0.1) is 9.98 Å². The van der Waals surface area contributed by atoms with E-state index >= 15 is 4.79 Å². The lowest BCUT2D eigenvalue weighted by Crippen LogP contribution is -2.66. The quantitative estimate of drug-likeness (QED) is 0.0168. The molecule has 2 N–H and O–H groups in total. The number of ether oxygens (including phenoxy) is 8. The zero-order chi connectivity index (χ0) is 81.9. The fourth-order valence-corrected chi connectivity index (χ4v) is 15.2. The van der Waals surface area contributed by atoms with Crippen molar-refractivity contribution in [2.75, 3.05) is 26.3 Å². The van der Waals surface area contributed by atoms with Crippen LogP contribution in [0, 0.1) is 5.92 Å². The Balaban J connectivity index is 1.17. The number of nitrogens with zero attached hydrogens (tertiary/aromatic N) is 7. The van der Waals surface area contributed by atoms with Crippen LogP contribution >= 0.6 is 0 Å². The van der Waals surface area contributed by atoms with Crippen molar-refractivity contribution < 1.29 is 80.7 Å². The fraction of sp³-hybridized carbons (Fsp3) is 0.702. The number of hydrogen-bond donors (Lipinski definition) is 2. The number of unbranched alkanes of at least 4 members (excludes halogenated alkanes) is 13. The van der Waals surface area contributed by atoms with Crippen molar-refractivity contribution in [3.05, 3.63) is 83.1 Å². The van der Waals surface area contributed by atoms with Crippen LogP contribution in [0.1, 0.15) is 277 Å². The van der Waals surface area contributed by atoms with Crippen molar-refractivity contribution in [2.45, 2.75) is 349 Å². The Hall–Kier alpha value is -8.07. The molecule has 4 heterocycles. The monoisotopic (exact) mass is 1570 g/mol. The summed E-state index contributed by atoms with van der Waals surface area (Å²) in [4.78, 5) is 133.